The average Bonchev–Trinajstić information content (AvgIpc) is 3.43. The molecular formula is C32H38N2O3. The zero-order valence-electron chi connectivity index (χ0n) is 22.0. The number of amides is 2. The lowest BCUT2D eigenvalue weighted by Crippen LogP contribution is -2.53. The maximum Gasteiger partial charge on any atom is 0.261 e. The molecule has 3 aromatic rings. The van der Waals surface area contributed by atoms with Crippen LogP contribution in [0, 0.1) is 6.92 Å². The van der Waals surface area contributed by atoms with Crippen molar-refractivity contribution in [3.63, 3.8) is 0 Å². The van der Waals surface area contributed by atoms with Crippen molar-refractivity contribution in [2.45, 2.75) is 71.0 Å². The van der Waals surface area contributed by atoms with E-state index in [9.17, 15) is 9.59 Å². The van der Waals surface area contributed by atoms with E-state index in [0.29, 0.717) is 18.7 Å². The summed E-state index contributed by atoms with van der Waals surface area (Å²) in [5, 5.41) is 3.24. The third-order valence-corrected chi connectivity index (χ3v) is 7.10. The van der Waals surface area contributed by atoms with E-state index in [1.807, 2.05) is 79.7 Å². The minimum atomic E-state index is -0.637. The van der Waals surface area contributed by atoms with Crippen molar-refractivity contribution in [1.29, 1.82) is 0 Å². The number of benzene rings is 3. The first-order chi connectivity index (χ1) is 18.0. The molecule has 5 heteroatoms. The summed E-state index contributed by atoms with van der Waals surface area (Å²) in [7, 11) is 0. The Kier molecular flexibility index (Phi) is 9.36. The Bertz CT molecular complexity index is 1150. The second-order valence-corrected chi connectivity index (χ2v) is 9.99. The molecule has 0 aliphatic heterocycles. The van der Waals surface area contributed by atoms with Crippen LogP contribution in [-0.2, 0) is 29.0 Å². The van der Waals surface area contributed by atoms with Crippen LogP contribution in [0.15, 0.2) is 78.9 Å². The molecule has 0 spiro atoms. The number of hydrogen-bond acceptors (Lipinski definition) is 3. The number of hydrogen-bond donors (Lipinski definition) is 1. The summed E-state index contributed by atoms with van der Waals surface area (Å²) in [6.07, 6.45) is 5.64. The van der Waals surface area contributed by atoms with E-state index < -0.39 is 6.04 Å². The Hall–Kier alpha value is -3.60. The van der Waals surface area contributed by atoms with Crippen LogP contribution < -0.4 is 10.1 Å². The molecule has 194 valence electrons. The molecular weight excluding hydrogens is 460 g/mol. The van der Waals surface area contributed by atoms with Gasteiger partial charge in [-0.05, 0) is 55.0 Å². The van der Waals surface area contributed by atoms with Crippen molar-refractivity contribution in [2.75, 3.05) is 6.61 Å². The van der Waals surface area contributed by atoms with E-state index in [-0.39, 0.29) is 24.5 Å². The maximum atomic E-state index is 13.7. The summed E-state index contributed by atoms with van der Waals surface area (Å²) in [6.45, 7) is 4.35. The molecule has 5 nitrogen and oxygen atoms in total. The zero-order valence-corrected chi connectivity index (χ0v) is 22.0. The van der Waals surface area contributed by atoms with Gasteiger partial charge < -0.3 is 15.0 Å². The molecule has 1 aliphatic rings. The second kappa shape index (κ2) is 13.1. The van der Waals surface area contributed by atoms with E-state index in [1.54, 1.807) is 4.90 Å². The Labute approximate surface area is 220 Å². The largest absolute Gasteiger partial charge is 0.484 e. The number of carbonyl (C=O) groups is 2. The number of rotatable bonds is 11. The van der Waals surface area contributed by atoms with Crippen LogP contribution in [0.4, 0.5) is 0 Å². The average molecular weight is 499 g/mol. The monoisotopic (exact) mass is 498 g/mol. The van der Waals surface area contributed by atoms with Crippen LogP contribution in [0.5, 0.6) is 5.75 Å². The van der Waals surface area contributed by atoms with Gasteiger partial charge in [0.1, 0.15) is 11.8 Å². The lowest BCUT2D eigenvalue weighted by atomic mass is 10.0. The smallest absolute Gasteiger partial charge is 0.261 e. The molecule has 1 saturated carbocycles. The van der Waals surface area contributed by atoms with Gasteiger partial charge in [-0.25, -0.2) is 0 Å². The highest BCUT2D eigenvalue weighted by Gasteiger charge is 2.32. The normalized spacial score (nSPS) is 14.2. The van der Waals surface area contributed by atoms with Crippen LogP contribution in [0.2, 0.25) is 0 Å². The third kappa shape index (κ3) is 7.69. The Morgan fingerprint density at radius 1 is 0.919 bits per heavy atom. The first-order valence-corrected chi connectivity index (χ1v) is 13.4. The van der Waals surface area contributed by atoms with Crippen molar-refractivity contribution < 1.29 is 14.3 Å². The van der Waals surface area contributed by atoms with Gasteiger partial charge in [-0.1, -0.05) is 92.1 Å². The topological polar surface area (TPSA) is 58.6 Å². The summed E-state index contributed by atoms with van der Waals surface area (Å²) >= 11 is 0. The van der Waals surface area contributed by atoms with Gasteiger partial charge in [-0.3, -0.25) is 9.59 Å². The quantitative estimate of drug-likeness (QED) is 0.372. The van der Waals surface area contributed by atoms with Crippen molar-refractivity contribution in [3.8, 4) is 5.75 Å². The highest BCUT2D eigenvalue weighted by Crippen LogP contribution is 2.21. The molecule has 1 aliphatic carbocycles. The van der Waals surface area contributed by atoms with Gasteiger partial charge in [0.05, 0.1) is 0 Å². The number of nitrogens with one attached hydrogen (secondary N) is 1. The lowest BCUT2D eigenvalue weighted by Gasteiger charge is -2.32. The summed E-state index contributed by atoms with van der Waals surface area (Å²) in [6, 6.07) is 25.4. The third-order valence-electron chi connectivity index (χ3n) is 7.10. The molecule has 0 bridgehead atoms. The number of ether oxygens (including phenoxy) is 1. The molecule has 2 amide bonds. The zero-order chi connectivity index (χ0) is 26.0. The summed E-state index contributed by atoms with van der Waals surface area (Å²) in [4.78, 5) is 29.1. The SMILES string of the molecule is CCc1ccc(OCC(=O)N(Cc2cccc(C)c2)[C@H](Cc2ccccc2)C(=O)NC2CCCC2)cc1. The van der Waals surface area contributed by atoms with Gasteiger partial charge in [0.15, 0.2) is 6.61 Å². The molecule has 0 radical (unpaired) electrons. The lowest BCUT2D eigenvalue weighted by molar-refractivity contribution is -0.143. The van der Waals surface area contributed by atoms with E-state index in [1.165, 1.54) is 5.56 Å². The first-order valence-electron chi connectivity index (χ1n) is 13.4. The fourth-order valence-corrected chi connectivity index (χ4v) is 4.98. The van der Waals surface area contributed by atoms with Crippen LogP contribution in [-0.4, -0.2) is 35.4 Å². The van der Waals surface area contributed by atoms with Crippen LogP contribution in [0.25, 0.3) is 0 Å². The van der Waals surface area contributed by atoms with E-state index in [4.69, 9.17) is 4.74 Å². The van der Waals surface area contributed by atoms with Crippen molar-refractivity contribution in [1.82, 2.24) is 10.2 Å². The first kappa shape index (κ1) is 26.5. The molecule has 1 N–H and O–H groups in total. The second-order valence-electron chi connectivity index (χ2n) is 9.99. The van der Waals surface area contributed by atoms with Crippen molar-refractivity contribution >= 4 is 11.8 Å². The van der Waals surface area contributed by atoms with E-state index in [2.05, 4.69) is 18.3 Å². The minimum absolute atomic E-state index is 0.0935. The molecule has 1 fully saturated rings. The number of nitrogens with zero attached hydrogens (tertiary/aromatic N) is 1. The molecule has 3 aromatic carbocycles. The fourth-order valence-electron chi connectivity index (χ4n) is 4.98. The van der Waals surface area contributed by atoms with Crippen LogP contribution in [0.3, 0.4) is 0 Å². The Morgan fingerprint density at radius 3 is 2.30 bits per heavy atom. The highest BCUT2D eigenvalue weighted by atomic mass is 16.5. The summed E-state index contributed by atoms with van der Waals surface area (Å²) < 4.78 is 5.90. The molecule has 0 heterocycles. The minimum Gasteiger partial charge on any atom is -0.484 e. The van der Waals surface area contributed by atoms with E-state index in [0.717, 1.165) is 48.8 Å². The van der Waals surface area contributed by atoms with Crippen molar-refractivity contribution in [3.05, 3.63) is 101 Å². The van der Waals surface area contributed by atoms with E-state index >= 15 is 0 Å². The number of carbonyl (C=O) groups excluding carboxylic acids is 2. The van der Waals surface area contributed by atoms with Crippen molar-refractivity contribution in [2.24, 2.45) is 0 Å². The molecule has 0 aromatic heterocycles. The maximum absolute atomic E-state index is 13.7. The summed E-state index contributed by atoms with van der Waals surface area (Å²) in [5.41, 5.74) is 4.35. The molecule has 0 saturated heterocycles. The van der Waals surface area contributed by atoms with Crippen LogP contribution >= 0.6 is 0 Å². The van der Waals surface area contributed by atoms with Gasteiger partial charge in [0, 0.05) is 19.0 Å². The molecule has 1 atom stereocenters. The van der Waals surface area contributed by atoms with Gasteiger partial charge >= 0.3 is 0 Å². The molecule has 37 heavy (non-hydrogen) atoms. The number of aryl methyl sites for hydroxylation is 2. The Morgan fingerprint density at radius 2 is 1.62 bits per heavy atom. The Balaban J connectivity index is 1.59. The molecule has 0 unspecified atom stereocenters. The van der Waals surface area contributed by atoms with Gasteiger partial charge in [0.25, 0.3) is 5.91 Å². The standard InChI is InChI=1S/C32H38N2O3/c1-3-25-16-18-29(19-17-25)37-23-31(35)34(22-27-13-9-10-24(2)20-27)30(21-26-11-5-4-6-12-26)32(36)33-28-14-7-8-15-28/h4-6,9-13,16-20,28,30H,3,7-8,14-15,21-23H2,1-2H3,(H,33,36)/t30-/m1/s1. The molecule has 4 rings (SSSR count). The highest BCUT2D eigenvalue weighted by molar-refractivity contribution is 5.88. The fraction of sp³-hybridized carbons (Fsp3) is 0.375. The van der Waals surface area contributed by atoms with Gasteiger partial charge in [0.2, 0.25) is 5.91 Å². The van der Waals surface area contributed by atoms with Crippen LogP contribution in [0.1, 0.15) is 54.9 Å². The summed E-state index contributed by atoms with van der Waals surface area (Å²) in [5.74, 6) is 0.351. The predicted molar refractivity (Wildman–Crippen MR) is 147 cm³/mol. The van der Waals surface area contributed by atoms with Gasteiger partial charge in [-0.2, -0.15) is 0 Å². The van der Waals surface area contributed by atoms with Gasteiger partial charge in [-0.15, -0.1) is 0 Å². The predicted octanol–water partition coefficient (Wildman–Crippen LogP) is 5.64.